The second-order valence-corrected chi connectivity index (χ2v) is 4.45. The minimum atomic E-state index is -0.544. The molecule has 0 spiro atoms. The van der Waals surface area contributed by atoms with Crippen molar-refractivity contribution in [2.45, 2.75) is 32.8 Å². The number of aliphatic hydroxyl groups excluding tert-OH is 1. The van der Waals surface area contributed by atoms with Crippen LogP contribution in [-0.4, -0.2) is 23.7 Å². The van der Waals surface area contributed by atoms with Crippen LogP contribution >= 0.6 is 0 Å². The van der Waals surface area contributed by atoms with E-state index in [9.17, 15) is 9.18 Å². The molecule has 1 amide bonds. The molecule has 0 saturated carbocycles. The van der Waals surface area contributed by atoms with Gasteiger partial charge >= 0.3 is 0 Å². The van der Waals surface area contributed by atoms with E-state index in [0.717, 1.165) is 0 Å². The van der Waals surface area contributed by atoms with Crippen molar-refractivity contribution >= 4 is 11.6 Å². The first-order chi connectivity index (χ1) is 8.41. The zero-order valence-corrected chi connectivity index (χ0v) is 10.7. The van der Waals surface area contributed by atoms with Crippen molar-refractivity contribution in [3.05, 3.63) is 29.1 Å². The van der Waals surface area contributed by atoms with Crippen LogP contribution in [0.2, 0.25) is 0 Å². The molecule has 0 saturated heterocycles. The van der Waals surface area contributed by atoms with E-state index in [-0.39, 0.29) is 5.56 Å². The van der Waals surface area contributed by atoms with Crippen molar-refractivity contribution in [2.75, 3.05) is 12.3 Å². The first-order valence-corrected chi connectivity index (χ1v) is 5.93. The van der Waals surface area contributed by atoms with Gasteiger partial charge in [0.2, 0.25) is 0 Å². The van der Waals surface area contributed by atoms with Gasteiger partial charge in [-0.25, -0.2) is 4.39 Å². The molecule has 4 nitrogen and oxygen atoms in total. The molecule has 0 aliphatic rings. The lowest BCUT2D eigenvalue weighted by molar-refractivity contribution is 0.0945. The Bertz CT molecular complexity index is 433. The van der Waals surface area contributed by atoms with E-state index in [0.29, 0.717) is 30.6 Å². The topological polar surface area (TPSA) is 75.4 Å². The smallest absolute Gasteiger partial charge is 0.254 e. The molecule has 0 radical (unpaired) electrons. The molecule has 5 heteroatoms. The quantitative estimate of drug-likeness (QED) is 0.552. The van der Waals surface area contributed by atoms with Gasteiger partial charge in [0.25, 0.3) is 5.91 Å². The van der Waals surface area contributed by atoms with Crippen molar-refractivity contribution in [1.29, 1.82) is 0 Å². The lowest BCUT2D eigenvalue weighted by Crippen LogP contribution is -2.26. The number of hydrogen-bond donors (Lipinski definition) is 3. The Kier molecular flexibility index (Phi) is 5.09. The molecule has 0 aliphatic carbocycles. The maximum Gasteiger partial charge on any atom is 0.254 e. The van der Waals surface area contributed by atoms with Gasteiger partial charge in [-0.1, -0.05) is 0 Å². The second kappa shape index (κ2) is 6.35. The number of anilines is 1. The molecule has 0 bridgehead atoms. The summed E-state index contributed by atoms with van der Waals surface area (Å²) in [7, 11) is 0. The summed E-state index contributed by atoms with van der Waals surface area (Å²) in [6.07, 6.45) is 0.846. The number of carbonyl (C=O) groups is 1. The molecule has 0 heterocycles. The standard InChI is InChI=1S/C13H19FN2O2/c1-8-6-10(15)7-11(12(8)14)13(18)16-5-3-4-9(2)17/h6-7,9,17H,3-5,15H2,1-2H3,(H,16,18). The lowest BCUT2D eigenvalue weighted by Gasteiger charge is -2.09. The Morgan fingerprint density at radius 1 is 1.56 bits per heavy atom. The van der Waals surface area contributed by atoms with Crippen molar-refractivity contribution in [1.82, 2.24) is 5.32 Å². The average molecular weight is 254 g/mol. The van der Waals surface area contributed by atoms with Gasteiger partial charge in [0.15, 0.2) is 0 Å². The summed E-state index contributed by atoms with van der Waals surface area (Å²) >= 11 is 0. The fourth-order valence-electron chi connectivity index (χ4n) is 1.66. The Morgan fingerprint density at radius 3 is 2.83 bits per heavy atom. The number of aliphatic hydroxyl groups is 1. The Morgan fingerprint density at radius 2 is 2.22 bits per heavy atom. The summed E-state index contributed by atoms with van der Waals surface area (Å²) in [5.41, 5.74) is 6.26. The third-order valence-electron chi connectivity index (χ3n) is 2.61. The molecule has 1 aromatic carbocycles. The number of nitrogen functional groups attached to an aromatic ring is 1. The van der Waals surface area contributed by atoms with Crippen LogP contribution in [0.5, 0.6) is 0 Å². The number of rotatable bonds is 5. The van der Waals surface area contributed by atoms with Crippen LogP contribution in [0.25, 0.3) is 0 Å². The van der Waals surface area contributed by atoms with E-state index < -0.39 is 17.8 Å². The molecule has 0 aromatic heterocycles. The summed E-state index contributed by atoms with van der Waals surface area (Å²) < 4.78 is 13.7. The first-order valence-electron chi connectivity index (χ1n) is 5.93. The van der Waals surface area contributed by atoms with Crippen LogP contribution in [0.3, 0.4) is 0 Å². The number of amides is 1. The summed E-state index contributed by atoms with van der Waals surface area (Å²) in [4.78, 5) is 11.7. The van der Waals surface area contributed by atoms with E-state index >= 15 is 0 Å². The highest BCUT2D eigenvalue weighted by atomic mass is 19.1. The summed E-state index contributed by atoms with van der Waals surface area (Å²) in [6, 6.07) is 2.81. The van der Waals surface area contributed by atoms with Crippen molar-refractivity contribution in [3.8, 4) is 0 Å². The van der Waals surface area contributed by atoms with Crippen molar-refractivity contribution in [3.63, 3.8) is 0 Å². The third kappa shape index (κ3) is 4.00. The van der Waals surface area contributed by atoms with E-state index in [1.54, 1.807) is 13.8 Å². The monoisotopic (exact) mass is 254 g/mol. The molecular weight excluding hydrogens is 235 g/mol. The molecule has 1 unspecified atom stereocenters. The molecule has 0 aliphatic heterocycles. The molecule has 18 heavy (non-hydrogen) atoms. The molecule has 4 N–H and O–H groups in total. The number of carbonyl (C=O) groups excluding carboxylic acids is 1. The van der Waals surface area contributed by atoms with Gasteiger partial charge in [0.05, 0.1) is 11.7 Å². The van der Waals surface area contributed by atoms with Gasteiger partial charge in [0.1, 0.15) is 5.82 Å². The molecule has 1 aromatic rings. The second-order valence-electron chi connectivity index (χ2n) is 4.45. The predicted molar refractivity (Wildman–Crippen MR) is 68.8 cm³/mol. The molecule has 100 valence electrons. The number of nitrogens with one attached hydrogen (secondary N) is 1. The Hall–Kier alpha value is -1.62. The highest BCUT2D eigenvalue weighted by molar-refractivity contribution is 5.95. The lowest BCUT2D eigenvalue weighted by atomic mass is 10.1. The number of hydrogen-bond acceptors (Lipinski definition) is 3. The van der Waals surface area contributed by atoms with Crippen LogP contribution in [0.1, 0.15) is 35.7 Å². The molecular formula is C13H19FN2O2. The normalized spacial score (nSPS) is 12.2. The van der Waals surface area contributed by atoms with Gasteiger partial charge in [-0.2, -0.15) is 0 Å². The maximum absolute atomic E-state index is 13.7. The highest BCUT2D eigenvalue weighted by Gasteiger charge is 2.14. The number of halogens is 1. The summed E-state index contributed by atoms with van der Waals surface area (Å²) in [5, 5.41) is 11.7. The number of aryl methyl sites for hydroxylation is 1. The Balaban J connectivity index is 2.62. The largest absolute Gasteiger partial charge is 0.399 e. The van der Waals surface area contributed by atoms with Crippen molar-refractivity contribution in [2.24, 2.45) is 0 Å². The average Bonchev–Trinajstić information content (AvgIpc) is 2.28. The van der Waals surface area contributed by atoms with Crippen LogP contribution in [-0.2, 0) is 0 Å². The fraction of sp³-hybridized carbons (Fsp3) is 0.462. The van der Waals surface area contributed by atoms with E-state index in [2.05, 4.69) is 5.32 Å². The van der Waals surface area contributed by atoms with Crippen LogP contribution in [0.15, 0.2) is 12.1 Å². The van der Waals surface area contributed by atoms with Crippen LogP contribution in [0, 0.1) is 12.7 Å². The molecule has 1 atom stereocenters. The molecule has 1 rings (SSSR count). The van der Waals surface area contributed by atoms with Gasteiger partial charge in [-0.3, -0.25) is 4.79 Å². The summed E-state index contributed by atoms with van der Waals surface area (Å²) in [6.45, 7) is 3.65. The van der Waals surface area contributed by atoms with E-state index in [1.165, 1.54) is 12.1 Å². The SMILES string of the molecule is Cc1cc(N)cc(C(=O)NCCCC(C)O)c1F. The number of nitrogens with two attached hydrogens (primary N) is 1. The highest BCUT2D eigenvalue weighted by Crippen LogP contribution is 2.16. The minimum Gasteiger partial charge on any atom is -0.399 e. The van der Waals surface area contributed by atoms with Gasteiger partial charge in [-0.05, 0) is 44.4 Å². The Labute approximate surface area is 106 Å². The zero-order chi connectivity index (χ0) is 13.7. The zero-order valence-electron chi connectivity index (χ0n) is 10.7. The van der Waals surface area contributed by atoms with Crippen LogP contribution in [0.4, 0.5) is 10.1 Å². The first kappa shape index (κ1) is 14.4. The third-order valence-corrected chi connectivity index (χ3v) is 2.61. The van der Waals surface area contributed by atoms with Crippen LogP contribution < -0.4 is 11.1 Å². The van der Waals surface area contributed by atoms with Crippen molar-refractivity contribution < 1.29 is 14.3 Å². The van der Waals surface area contributed by atoms with Gasteiger partial charge < -0.3 is 16.2 Å². The summed E-state index contributed by atoms with van der Waals surface area (Å²) in [5.74, 6) is -1.02. The fourth-order valence-corrected chi connectivity index (χ4v) is 1.66. The minimum absolute atomic E-state index is 0.0375. The van der Waals surface area contributed by atoms with E-state index in [1.807, 2.05) is 0 Å². The number of benzene rings is 1. The van der Waals surface area contributed by atoms with Gasteiger partial charge in [-0.15, -0.1) is 0 Å². The predicted octanol–water partition coefficient (Wildman–Crippen LogP) is 1.61. The maximum atomic E-state index is 13.7. The van der Waals surface area contributed by atoms with Gasteiger partial charge in [0, 0.05) is 12.2 Å². The van der Waals surface area contributed by atoms with E-state index in [4.69, 9.17) is 10.8 Å². The molecule has 0 fully saturated rings.